The zero-order chi connectivity index (χ0) is 37.9. The van der Waals surface area contributed by atoms with E-state index in [4.69, 9.17) is 25.7 Å². The number of nitrogens with one attached hydrogen (secondary N) is 2. The molecule has 0 unspecified atom stereocenters. The molecule has 7 atom stereocenters. The number of fused-ring (bicyclic) bond motifs is 2. The minimum Gasteiger partial charge on any atom is -0.453 e. The quantitative estimate of drug-likeness (QED) is 0.112. The van der Waals surface area contributed by atoms with Gasteiger partial charge in [-0.05, 0) is 25.5 Å². The van der Waals surface area contributed by atoms with Gasteiger partial charge < -0.3 is 41.0 Å². The van der Waals surface area contributed by atoms with Gasteiger partial charge in [-0.15, -0.1) is 0 Å². The van der Waals surface area contributed by atoms with Crippen molar-refractivity contribution in [2.24, 2.45) is 5.41 Å². The normalized spacial score (nSPS) is 26.8. The average Bonchev–Trinajstić information content (AvgIpc) is 3.74. The largest absolute Gasteiger partial charge is 0.453 e. The van der Waals surface area contributed by atoms with Crippen molar-refractivity contribution in [3.05, 3.63) is 75.9 Å². The number of nitrogens with two attached hydrogens (primary N) is 2. The number of ether oxygens (including phenoxy) is 3. The van der Waals surface area contributed by atoms with Gasteiger partial charge in [-0.25, -0.2) is 4.79 Å². The molecule has 4 aromatic heterocycles. The minimum absolute atomic E-state index is 0.0297. The van der Waals surface area contributed by atoms with E-state index in [1.807, 2.05) is 20.8 Å². The highest BCUT2D eigenvalue weighted by Gasteiger charge is 2.55. The van der Waals surface area contributed by atoms with E-state index in [-0.39, 0.29) is 38.7 Å². The minimum atomic E-state index is -1.76. The summed E-state index contributed by atoms with van der Waals surface area (Å²) in [6, 6.07) is 8.61. The number of hydrogen-bond donors (Lipinski definition) is 7. The summed E-state index contributed by atoms with van der Waals surface area (Å²) in [5, 5.41) is 29.7. The van der Waals surface area contributed by atoms with Gasteiger partial charge in [0, 0.05) is 5.41 Å². The number of aromatic nitrogens is 6. The van der Waals surface area contributed by atoms with Gasteiger partial charge in [0.1, 0.15) is 27.2 Å². The highest BCUT2D eigenvalue weighted by molar-refractivity contribution is 7.16. The third kappa shape index (κ3) is 6.22. The van der Waals surface area contributed by atoms with Crippen LogP contribution in [0.4, 0.5) is 11.9 Å². The fourth-order valence-corrected chi connectivity index (χ4v) is 8.07. The van der Waals surface area contributed by atoms with E-state index in [0.29, 0.717) is 23.3 Å². The Hall–Kier alpha value is -4.77. The number of aliphatic hydroxyl groups excluding tert-OH is 2. The lowest BCUT2D eigenvalue weighted by molar-refractivity contribution is -0.0805. The molecule has 0 aliphatic carbocycles. The molecule has 0 saturated carbocycles. The Labute approximate surface area is 300 Å². The number of nitrogens with zero attached hydrogens (tertiary/aromatic N) is 4. The lowest BCUT2D eigenvalue weighted by atomic mass is 9.81. The molecule has 5 aromatic rings. The van der Waals surface area contributed by atoms with Crippen LogP contribution in [0.15, 0.2) is 49.5 Å². The maximum Gasteiger partial charge on any atom is 0.338 e. The SMILES string of the molecule is CC[C@H]1O[C@@H](n2c(=O)sc3c(=O)[nH]c(N)nc32)[C@H](OC(=O)c2ccccc2)C1(C)C.C[C@@]1(O)[C@@H](CO)O[C@@H](n2c(=O)sc3c(=O)[nH]c(N)nc32)[C@@H]1O. The van der Waals surface area contributed by atoms with Crippen molar-refractivity contribution in [2.75, 3.05) is 18.1 Å². The van der Waals surface area contributed by atoms with Crippen LogP contribution in [0.1, 0.15) is 56.9 Å². The molecule has 1 aromatic carbocycles. The molecule has 0 bridgehead atoms. The highest BCUT2D eigenvalue weighted by atomic mass is 32.1. The van der Waals surface area contributed by atoms with Crippen LogP contribution in [0.25, 0.3) is 20.7 Å². The number of aliphatic hydroxyl groups is 3. The summed E-state index contributed by atoms with van der Waals surface area (Å²) in [7, 11) is 0. The molecule has 2 fully saturated rings. The molecule has 7 rings (SSSR count). The van der Waals surface area contributed by atoms with E-state index in [2.05, 4.69) is 19.9 Å². The van der Waals surface area contributed by atoms with Crippen molar-refractivity contribution in [2.45, 2.75) is 76.6 Å². The Morgan fingerprint density at radius 3 is 1.88 bits per heavy atom. The Balaban J connectivity index is 0.000000187. The van der Waals surface area contributed by atoms with E-state index >= 15 is 0 Å². The summed E-state index contributed by atoms with van der Waals surface area (Å²) in [6.07, 6.45) is -5.23. The van der Waals surface area contributed by atoms with Gasteiger partial charge in [-0.2, -0.15) is 9.97 Å². The third-order valence-corrected chi connectivity index (χ3v) is 11.1. The molecule has 2 aliphatic heterocycles. The lowest BCUT2D eigenvalue weighted by Gasteiger charge is -2.30. The number of benzene rings is 1. The summed E-state index contributed by atoms with van der Waals surface area (Å²) < 4.78 is 19.8. The molecule has 2 saturated heterocycles. The van der Waals surface area contributed by atoms with Crippen LogP contribution in [-0.2, 0) is 14.2 Å². The first-order chi connectivity index (χ1) is 24.5. The van der Waals surface area contributed by atoms with Gasteiger partial charge in [-0.1, -0.05) is 61.6 Å². The van der Waals surface area contributed by atoms with Crippen molar-refractivity contribution >= 4 is 61.2 Å². The van der Waals surface area contributed by atoms with Crippen molar-refractivity contribution < 1.29 is 34.3 Å². The maximum atomic E-state index is 12.8. The van der Waals surface area contributed by atoms with Crippen LogP contribution < -0.4 is 32.3 Å². The molecule has 0 amide bonds. The first kappa shape index (κ1) is 37.0. The van der Waals surface area contributed by atoms with Gasteiger partial charge in [-0.3, -0.25) is 38.3 Å². The van der Waals surface area contributed by atoms with Crippen LogP contribution in [0.2, 0.25) is 0 Å². The number of carbonyl (C=O) groups excluding carboxylic acids is 1. The third-order valence-electron chi connectivity index (χ3n) is 9.22. The molecule has 278 valence electrons. The maximum absolute atomic E-state index is 12.8. The van der Waals surface area contributed by atoms with Crippen molar-refractivity contribution in [3.8, 4) is 0 Å². The molecule has 0 spiro atoms. The predicted octanol–water partition coefficient (Wildman–Crippen LogP) is 0.0178. The Morgan fingerprint density at radius 2 is 1.40 bits per heavy atom. The second-order valence-electron chi connectivity index (χ2n) is 13.0. The van der Waals surface area contributed by atoms with Gasteiger partial charge in [0.15, 0.2) is 29.9 Å². The van der Waals surface area contributed by atoms with Crippen LogP contribution in [0.3, 0.4) is 0 Å². The van der Waals surface area contributed by atoms with E-state index in [1.54, 1.807) is 30.3 Å². The fourth-order valence-electron chi connectivity index (χ4n) is 6.38. The number of thiazole rings is 2. The van der Waals surface area contributed by atoms with Gasteiger partial charge in [0.25, 0.3) is 11.1 Å². The first-order valence-corrected chi connectivity index (χ1v) is 17.5. The number of esters is 1. The van der Waals surface area contributed by atoms with Gasteiger partial charge >= 0.3 is 15.7 Å². The lowest BCUT2D eigenvalue weighted by Crippen LogP contribution is -2.46. The first-order valence-electron chi connectivity index (χ1n) is 15.9. The van der Waals surface area contributed by atoms with Crippen molar-refractivity contribution in [1.29, 1.82) is 0 Å². The molecular formula is C31H36N8O11S2. The standard InChI is InChI=1S/C20H22N4O5S.C11H14N4O6S/c1-4-11-20(2,3)13(29-17(26)10-8-6-5-7-9-10)16(28-11)24-14-12(30-19(24)27)15(25)23-18(21)22-14;1-11(20)3(2-16)21-8(5(11)17)15-6-4(22-10(15)19)7(18)14-9(12)13-6/h5-9,11,13,16H,4H2,1-3H3,(H3,21,22,23,25);3,5,8,16-17,20H,2H2,1H3,(H3,12,13,14,18)/t11-,13+,16-;3-,5+,8-,11-/m11/s1. The predicted molar refractivity (Wildman–Crippen MR) is 189 cm³/mol. The summed E-state index contributed by atoms with van der Waals surface area (Å²) in [6.45, 7) is 6.55. The topological polar surface area (TPSA) is 293 Å². The molecular weight excluding hydrogens is 725 g/mol. The van der Waals surface area contributed by atoms with Crippen LogP contribution in [-0.4, -0.2) is 87.0 Å². The second-order valence-corrected chi connectivity index (χ2v) is 14.9. The molecule has 2 aliphatic rings. The molecule has 9 N–H and O–H groups in total. The number of nitrogen functional groups attached to an aromatic ring is 2. The van der Waals surface area contributed by atoms with E-state index in [1.165, 1.54) is 11.5 Å². The Kier molecular flexibility index (Phi) is 9.71. The molecule has 52 heavy (non-hydrogen) atoms. The molecule has 0 radical (unpaired) electrons. The van der Waals surface area contributed by atoms with Gasteiger partial charge in [0.2, 0.25) is 11.9 Å². The fraction of sp³-hybridized carbons (Fsp3) is 0.452. The molecule has 21 heteroatoms. The summed E-state index contributed by atoms with van der Waals surface area (Å²) in [5.74, 6) is -0.819. The number of hydrogen-bond acceptors (Lipinski definition) is 17. The Morgan fingerprint density at radius 1 is 0.904 bits per heavy atom. The zero-order valence-electron chi connectivity index (χ0n) is 28.1. The molecule has 6 heterocycles. The van der Waals surface area contributed by atoms with E-state index in [0.717, 1.165) is 15.9 Å². The number of rotatable bonds is 6. The van der Waals surface area contributed by atoms with Crippen LogP contribution >= 0.6 is 22.7 Å². The van der Waals surface area contributed by atoms with Crippen molar-refractivity contribution in [1.82, 2.24) is 29.1 Å². The number of anilines is 2. The molecule has 19 nitrogen and oxygen atoms in total. The van der Waals surface area contributed by atoms with E-state index < -0.39 is 75.2 Å². The smallest absolute Gasteiger partial charge is 0.338 e. The van der Waals surface area contributed by atoms with Crippen molar-refractivity contribution in [3.63, 3.8) is 0 Å². The number of H-pyrrole nitrogens is 2. The van der Waals surface area contributed by atoms with Crippen LogP contribution in [0, 0.1) is 5.41 Å². The van der Waals surface area contributed by atoms with Gasteiger partial charge in [0.05, 0.1) is 18.3 Å². The number of aromatic amines is 2. The zero-order valence-corrected chi connectivity index (χ0v) is 29.8. The average molecular weight is 761 g/mol. The highest BCUT2D eigenvalue weighted by Crippen LogP contribution is 2.47. The van der Waals surface area contributed by atoms with E-state index in [9.17, 15) is 39.3 Å². The number of carbonyl (C=O) groups is 1. The summed E-state index contributed by atoms with van der Waals surface area (Å²) >= 11 is 1.37. The summed E-state index contributed by atoms with van der Waals surface area (Å²) in [4.78, 5) is 73.5. The Bertz CT molecular complexity index is 2380. The summed E-state index contributed by atoms with van der Waals surface area (Å²) in [5.41, 5.74) is 8.20. The van der Waals surface area contributed by atoms with Crippen LogP contribution in [0.5, 0.6) is 0 Å². The monoisotopic (exact) mass is 760 g/mol. The second kappa shape index (κ2) is 13.7.